The Morgan fingerprint density at radius 2 is 1.66 bits per heavy atom. The molecular formula is C26H24F3N5O4. The summed E-state index contributed by atoms with van der Waals surface area (Å²) >= 11 is 0. The highest BCUT2D eigenvalue weighted by atomic mass is 19.4. The van der Waals surface area contributed by atoms with Gasteiger partial charge in [0, 0.05) is 38.6 Å². The van der Waals surface area contributed by atoms with Gasteiger partial charge in [-0.1, -0.05) is 18.2 Å². The van der Waals surface area contributed by atoms with Gasteiger partial charge in [-0.3, -0.25) is 14.4 Å². The van der Waals surface area contributed by atoms with Crippen LogP contribution in [-0.4, -0.2) is 45.6 Å². The summed E-state index contributed by atoms with van der Waals surface area (Å²) in [4.78, 5) is 39.6. The number of nitrogens with zero attached hydrogens (tertiary/aromatic N) is 4. The number of aryl methyl sites for hydroxylation is 1. The molecule has 4 aromatic rings. The Bertz CT molecular complexity index is 1580. The molecule has 1 amide bonds. The number of aromatic nitrogens is 3. The van der Waals surface area contributed by atoms with Gasteiger partial charge in [0.25, 0.3) is 11.1 Å². The molecule has 0 saturated carbocycles. The first kappa shape index (κ1) is 26.5. The smallest absolute Gasteiger partial charge is 0.406 e. The molecule has 2 heterocycles. The van der Waals surface area contributed by atoms with Crippen LogP contribution in [0.2, 0.25) is 0 Å². The van der Waals surface area contributed by atoms with Crippen LogP contribution in [0.1, 0.15) is 12.8 Å². The van der Waals surface area contributed by atoms with E-state index in [4.69, 9.17) is 0 Å². The summed E-state index contributed by atoms with van der Waals surface area (Å²) in [5, 5.41) is 8.12. The van der Waals surface area contributed by atoms with Gasteiger partial charge in [0.1, 0.15) is 11.4 Å². The number of hydrogen-bond acceptors (Lipinski definition) is 6. The van der Waals surface area contributed by atoms with Gasteiger partial charge >= 0.3 is 6.36 Å². The van der Waals surface area contributed by atoms with Gasteiger partial charge in [0.2, 0.25) is 5.91 Å². The number of pyridine rings is 1. The monoisotopic (exact) mass is 527 g/mol. The minimum Gasteiger partial charge on any atom is -0.406 e. The van der Waals surface area contributed by atoms with Crippen LogP contribution in [0.3, 0.4) is 0 Å². The van der Waals surface area contributed by atoms with E-state index in [0.717, 1.165) is 16.8 Å². The molecule has 12 heteroatoms. The normalized spacial score (nSPS) is 11.4. The Labute approximate surface area is 214 Å². The van der Waals surface area contributed by atoms with E-state index in [0.29, 0.717) is 30.2 Å². The lowest BCUT2D eigenvalue weighted by atomic mass is 10.2. The molecule has 0 atom stereocenters. The maximum atomic E-state index is 13.2. The molecule has 0 aliphatic rings. The highest BCUT2D eigenvalue weighted by molar-refractivity contribution is 5.92. The fourth-order valence-electron chi connectivity index (χ4n) is 3.81. The highest BCUT2D eigenvalue weighted by Gasteiger charge is 2.31. The van der Waals surface area contributed by atoms with E-state index < -0.39 is 17.7 Å². The van der Waals surface area contributed by atoms with Crippen molar-refractivity contribution in [2.75, 3.05) is 19.4 Å². The molecule has 4 rings (SSSR count). The number of rotatable bonds is 8. The summed E-state index contributed by atoms with van der Waals surface area (Å²) in [7, 11) is 3.33. The Hall–Kier alpha value is -4.61. The second-order valence-electron chi connectivity index (χ2n) is 8.59. The molecule has 0 unspecified atom stereocenters. The molecular weight excluding hydrogens is 503 g/mol. The maximum Gasteiger partial charge on any atom is 0.573 e. The maximum absolute atomic E-state index is 13.2. The number of carbonyl (C=O) groups is 1. The quantitative estimate of drug-likeness (QED) is 0.371. The van der Waals surface area contributed by atoms with Crippen LogP contribution < -0.4 is 21.2 Å². The van der Waals surface area contributed by atoms with Crippen molar-refractivity contribution in [3.63, 3.8) is 0 Å². The summed E-state index contributed by atoms with van der Waals surface area (Å²) in [5.74, 6) is -0.276. The SMILES string of the molecule is CN(C)C(=O)CCCn1cccc(Nc2nn(-c3ccc(OC(F)(F)F)cc3)c(=O)c3ccccc23)c1=O. The minimum absolute atomic E-state index is 0.0387. The molecule has 0 fully saturated rings. The summed E-state index contributed by atoms with van der Waals surface area (Å²) in [6.45, 7) is 0.327. The molecule has 0 radical (unpaired) electrons. The van der Waals surface area contributed by atoms with Crippen molar-refractivity contribution in [3.05, 3.63) is 87.6 Å². The number of nitrogens with one attached hydrogen (secondary N) is 1. The summed E-state index contributed by atoms with van der Waals surface area (Å²) in [6.07, 6.45) is -2.46. The molecule has 2 aromatic carbocycles. The lowest BCUT2D eigenvalue weighted by Gasteiger charge is -2.14. The summed E-state index contributed by atoms with van der Waals surface area (Å²) in [5.41, 5.74) is -0.439. The minimum atomic E-state index is -4.85. The molecule has 2 aromatic heterocycles. The second-order valence-corrected chi connectivity index (χ2v) is 8.59. The predicted molar refractivity (Wildman–Crippen MR) is 136 cm³/mol. The highest BCUT2D eigenvalue weighted by Crippen LogP contribution is 2.25. The van der Waals surface area contributed by atoms with E-state index in [1.807, 2.05) is 0 Å². The average Bonchev–Trinajstić information content (AvgIpc) is 2.87. The van der Waals surface area contributed by atoms with Crippen molar-refractivity contribution in [1.82, 2.24) is 19.2 Å². The predicted octanol–water partition coefficient (Wildman–Crippen LogP) is 4.06. The average molecular weight is 528 g/mol. The number of hydrogen-bond donors (Lipinski definition) is 1. The van der Waals surface area contributed by atoms with Gasteiger partial charge in [0.05, 0.1) is 11.1 Å². The van der Waals surface area contributed by atoms with Crippen molar-refractivity contribution < 1.29 is 22.7 Å². The molecule has 0 spiro atoms. The van der Waals surface area contributed by atoms with Crippen LogP contribution in [0.25, 0.3) is 16.5 Å². The van der Waals surface area contributed by atoms with Gasteiger partial charge < -0.3 is 19.5 Å². The number of benzene rings is 2. The first-order valence-electron chi connectivity index (χ1n) is 11.6. The summed E-state index contributed by atoms with van der Waals surface area (Å²) in [6, 6.07) is 14.6. The number of carbonyl (C=O) groups excluding carboxylic acids is 1. The topological polar surface area (TPSA) is 98.5 Å². The van der Waals surface area contributed by atoms with Gasteiger partial charge in [-0.15, -0.1) is 18.3 Å². The van der Waals surface area contributed by atoms with Gasteiger partial charge in [-0.25, -0.2) is 0 Å². The third kappa shape index (κ3) is 6.02. The van der Waals surface area contributed by atoms with Crippen LogP contribution in [0.4, 0.5) is 24.7 Å². The number of anilines is 2. The van der Waals surface area contributed by atoms with Crippen LogP contribution in [-0.2, 0) is 11.3 Å². The number of ether oxygens (including phenoxy) is 1. The molecule has 0 aliphatic carbocycles. The molecule has 38 heavy (non-hydrogen) atoms. The lowest BCUT2D eigenvalue weighted by molar-refractivity contribution is -0.274. The lowest BCUT2D eigenvalue weighted by Crippen LogP contribution is -2.26. The van der Waals surface area contributed by atoms with E-state index >= 15 is 0 Å². The third-order valence-electron chi connectivity index (χ3n) is 5.68. The van der Waals surface area contributed by atoms with Crippen LogP contribution in [0, 0.1) is 0 Å². The van der Waals surface area contributed by atoms with Gasteiger partial charge in [-0.05, 0) is 48.9 Å². The first-order valence-corrected chi connectivity index (χ1v) is 11.6. The van der Waals surface area contributed by atoms with Crippen molar-refractivity contribution in [3.8, 4) is 11.4 Å². The zero-order valence-corrected chi connectivity index (χ0v) is 20.5. The summed E-state index contributed by atoms with van der Waals surface area (Å²) < 4.78 is 44.0. The van der Waals surface area contributed by atoms with Crippen LogP contribution >= 0.6 is 0 Å². The Morgan fingerprint density at radius 1 is 0.974 bits per heavy atom. The molecule has 0 saturated heterocycles. The fourth-order valence-corrected chi connectivity index (χ4v) is 3.81. The number of fused-ring (bicyclic) bond motifs is 1. The Morgan fingerprint density at radius 3 is 2.32 bits per heavy atom. The molecule has 9 nitrogen and oxygen atoms in total. The number of halogens is 3. The zero-order chi connectivity index (χ0) is 27.4. The van der Waals surface area contributed by atoms with Crippen molar-refractivity contribution in [2.24, 2.45) is 0 Å². The second kappa shape index (κ2) is 10.8. The molecule has 198 valence electrons. The molecule has 0 bridgehead atoms. The number of amides is 1. The van der Waals surface area contributed by atoms with E-state index in [1.165, 1.54) is 21.6 Å². The molecule has 0 aliphatic heterocycles. The largest absolute Gasteiger partial charge is 0.573 e. The van der Waals surface area contributed by atoms with Crippen LogP contribution in [0.15, 0.2) is 76.4 Å². The standard InChI is InChI=1S/C26H24F3N5O4/c1-32(2)22(35)10-6-16-33-15-5-9-21(25(33)37)30-23-19-7-3-4-8-20(19)24(36)34(31-23)17-11-13-18(14-12-17)38-26(27,28)29/h3-5,7-9,11-15H,6,10,16H2,1-2H3,(H,30,31). The fraction of sp³-hybridized carbons (Fsp3) is 0.231. The van der Waals surface area contributed by atoms with Crippen molar-refractivity contribution in [2.45, 2.75) is 25.7 Å². The van der Waals surface area contributed by atoms with E-state index in [-0.39, 0.29) is 28.7 Å². The number of alkyl halides is 3. The Kier molecular flexibility index (Phi) is 7.51. The van der Waals surface area contributed by atoms with Gasteiger partial charge in [-0.2, -0.15) is 4.68 Å². The third-order valence-corrected chi connectivity index (χ3v) is 5.68. The van der Waals surface area contributed by atoms with Gasteiger partial charge in [0.15, 0.2) is 5.82 Å². The first-order chi connectivity index (χ1) is 18.0. The van der Waals surface area contributed by atoms with Crippen LogP contribution in [0.5, 0.6) is 5.75 Å². The molecule has 1 N–H and O–H groups in total. The van der Waals surface area contributed by atoms with Crippen molar-refractivity contribution in [1.29, 1.82) is 0 Å². The Balaban J connectivity index is 1.68. The zero-order valence-electron chi connectivity index (χ0n) is 20.5. The van der Waals surface area contributed by atoms with E-state index in [9.17, 15) is 27.6 Å². The van der Waals surface area contributed by atoms with Crippen molar-refractivity contribution >= 4 is 28.2 Å². The van der Waals surface area contributed by atoms with E-state index in [2.05, 4.69) is 15.2 Å². The van der Waals surface area contributed by atoms with E-state index in [1.54, 1.807) is 56.7 Å².